The number of hydrogen-bond acceptors (Lipinski definition) is 3. The summed E-state index contributed by atoms with van der Waals surface area (Å²) in [7, 11) is 0. The molecule has 0 bridgehead atoms. The molecule has 10 rings (SSSR count). The van der Waals surface area contributed by atoms with Crippen molar-refractivity contribution in [2.75, 3.05) is 0 Å². The molecule has 1 heterocycles. The van der Waals surface area contributed by atoms with E-state index < -0.39 is 0 Å². The number of rotatable bonds is 7. The minimum Gasteiger partial charge on any atom is -0.208 e. The molecule has 0 fully saturated rings. The monoisotopic (exact) mass is 713 g/mol. The highest BCUT2D eigenvalue weighted by Crippen LogP contribution is 2.37. The molecule has 3 heteroatoms. The van der Waals surface area contributed by atoms with Crippen LogP contribution in [0.1, 0.15) is 0 Å². The molecule has 0 amide bonds. The van der Waals surface area contributed by atoms with Gasteiger partial charge in [-0.1, -0.05) is 188 Å². The topological polar surface area (TPSA) is 38.7 Å². The van der Waals surface area contributed by atoms with E-state index >= 15 is 0 Å². The molecule has 0 N–H and O–H groups in total. The van der Waals surface area contributed by atoms with Crippen LogP contribution in [-0.4, -0.2) is 15.0 Å². The number of benzene rings is 9. The fourth-order valence-electron chi connectivity index (χ4n) is 7.57. The zero-order chi connectivity index (χ0) is 37.3. The molecule has 9 aromatic carbocycles. The van der Waals surface area contributed by atoms with Gasteiger partial charge in [-0.15, -0.1) is 0 Å². The average molecular weight is 714 g/mol. The number of fused-ring (bicyclic) bond motifs is 2. The molecule has 0 atom stereocenters. The maximum Gasteiger partial charge on any atom is 0.164 e. The number of nitrogens with zero attached hydrogens (tertiary/aromatic N) is 3. The van der Waals surface area contributed by atoms with Crippen molar-refractivity contribution in [2.24, 2.45) is 0 Å². The van der Waals surface area contributed by atoms with Gasteiger partial charge in [0.25, 0.3) is 0 Å². The van der Waals surface area contributed by atoms with Crippen LogP contribution in [0.4, 0.5) is 0 Å². The van der Waals surface area contributed by atoms with Gasteiger partial charge in [0.15, 0.2) is 17.5 Å². The van der Waals surface area contributed by atoms with Gasteiger partial charge in [0, 0.05) is 16.7 Å². The first-order chi connectivity index (χ1) is 27.7. The van der Waals surface area contributed by atoms with E-state index in [9.17, 15) is 0 Å². The highest BCUT2D eigenvalue weighted by Gasteiger charge is 2.16. The van der Waals surface area contributed by atoms with E-state index in [-0.39, 0.29) is 0 Å². The predicted molar refractivity (Wildman–Crippen MR) is 233 cm³/mol. The lowest BCUT2D eigenvalue weighted by molar-refractivity contribution is 1.07. The van der Waals surface area contributed by atoms with Crippen molar-refractivity contribution in [3.8, 4) is 78.7 Å². The van der Waals surface area contributed by atoms with Crippen molar-refractivity contribution in [1.82, 2.24) is 15.0 Å². The van der Waals surface area contributed by atoms with Crippen LogP contribution in [0, 0.1) is 0 Å². The minimum absolute atomic E-state index is 0.622. The Hall–Kier alpha value is -7.49. The Balaban J connectivity index is 1.12. The normalized spacial score (nSPS) is 11.2. The third-order valence-electron chi connectivity index (χ3n) is 10.5. The summed E-state index contributed by atoms with van der Waals surface area (Å²) in [6.07, 6.45) is 0. The summed E-state index contributed by atoms with van der Waals surface area (Å²) in [6, 6.07) is 74.9. The molecule has 0 aliphatic carbocycles. The number of aromatic nitrogens is 3. The van der Waals surface area contributed by atoms with Gasteiger partial charge in [0.05, 0.1) is 0 Å². The Labute approximate surface area is 326 Å². The average Bonchev–Trinajstić information content (AvgIpc) is 3.29. The van der Waals surface area contributed by atoms with Gasteiger partial charge in [-0.05, 0) is 90.3 Å². The van der Waals surface area contributed by atoms with E-state index in [0.717, 1.165) is 44.5 Å². The van der Waals surface area contributed by atoms with Crippen molar-refractivity contribution >= 4 is 21.5 Å². The quantitative estimate of drug-likeness (QED) is 0.165. The van der Waals surface area contributed by atoms with E-state index in [2.05, 4.69) is 188 Å². The molecule has 0 aliphatic rings. The van der Waals surface area contributed by atoms with Crippen LogP contribution in [-0.2, 0) is 0 Å². The van der Waals surface area contributed by atoms with Crippen LogP contribution in [0.5, 0.6) is 0 Å². The first-order valence-corrected chi connectivity index (χ1v) is 18.9. The third-order valence-corrected chi connectivity index (χ3v) is 10.5. The Morgan fingerprint density at radius 1 is 0.214 bits per heavy atom. The molecule has 0 radical (unpaired) electrons. The highest BCUT2D eigenvalue weighted by atomic mass is 15.0. The SMILES string of the molecule is c1ccc(-c2ccc(-c3nc(-c4ccccc4)nc(-c4cc(-c5ccc(-c6ccc7ccccc7c6)cc5)cc(-c5cccc6ccccc56)c4)n3)cc2)cc1. The Morgan fingerprint density at radius 3 is 1.34 bits per heavy atom. The highest BCUT2D eigenvalue weighted by molar-refractivity contribution is 5.98. The second-order valence-electron chi connectivity index (χ2n) is 14.1. The lowest BCUT2D eigenvalue weighted by Crippen LogP contribution is -2.00. The van der Waals surface area contributed by atoms with Gasteiger partial charge in [-0.25, -0.2) is 15.0 Å². The summed E-state index contributed by atoms with van der Waals surface area (Å²) < 4.78 is 0. The van der Waals surface area contributed by atoms with Crippen LogP contribution in [0.3, 0.4) is 0 Å². The first-order valence-electron chi connectivity index (χ1n) is 18.9. The van der Waals surface area contributed by atoms with Crippen molar-refractivity contribution in [2.45, 2.75) is 0 Å². The Bertz CT molecular complexity index is 2990. The van der Waals surface area contributed by atoms with Gasteiger partial charge >= 0.3 is 0 Å². The van der Waals surface area contributed by atoms with Crippen molar-refractivity contribution in [3.63, 3.8) is 0 Å². The van der Waals surface area contributed by atoms with Gasteiger partial charge in [-0.2, -0.15) is 0 Å². The molecule has 0 spiro atoms. The van der Waals surface area contributed by atoms with E-state index in [1.165, 1.54) is 38.2 Å². The molecular formula is C53H35N3. The molecule has 0 saturated heterocycles. The fraction of sp³-hybridized carbons (Fsp3) is 0. The second kappa shape index (κ2) is 14.4. The van der Waals surface area contributed by atoms with Crippen LogP contribution >= 0.6 is 0 Å². The molecule has 1 aromatic heterocycles. The van der Waals surface area contributed by atoms with Gasteiger partial charge in [0.2, 0.25) is 0 Å². The molecule has 10 aromatic rings. The summed E-state index contributed by atoms with van der Waals surface area (Å²) in [4.78, 5) is 15.4. The molecule has 3 nitrogen and oxygen atoms in total. The molecule has 0 saturated carbocycles. The lowest BCUT2D eigenvalue weighted by Gasteiger charge is -2.14. The maximum absolute atomic E-state index is 5.19. The van der Waals surface area contributed by atoms with Gasteiger partial charge < -0.3 is 0 Å². The van der Waals surface area contributed by atoms with E-state index in [1.807, 2.05) is 24.3 Å². The summed E-state index contributed by atoms with van der Waals surface area (Å²) in [5.41, 5.74) is 11.9. The molecule has 0 unspecified atom stereocenters. The maximum atomic E-state index is 5.19. The molecule has 56 heavy (non-hydrogen) atoms. The summed E-state index contributed by atoms with van der Waals surface area (Å²) in [5, 5.41) is 4.88. The standard InChI is InChI=1S/C53H35N3/c1-3-12-36(13-4-1)38-26-29-43(30-27-38)52-54-51(42-16-5-2-6-17-42)55-53(56-52)48-34-46(33-47(35-48)50-21-11-19-41-15-9-10-20-49(41)50)40-24-22-39(23-25-40)45-31-28-37-14-7-8-18-44(37)32-45/h1-35H. The van der Waals surface area contributed by atoms with Crippen LogP contribution in [0.2, 0.25) is 0 Å². The zero-order valence-corrected chi connectivity index (χ0v) is 30.5. The molecular weight excluding hydrogens is 679 g/mol. The van der Waals surface area contributed by atoms with E-state index in [4.69, 9.17) is 15.0 Å². The van der Waals surface area contributed by atoms with Crippen molar-refractivity contribution < 1.29 is 0 Å². The summed E-state index contributed by atoms with van der Waals surface area (Å²) in [6.45, 7) is 0. The van der Waals surface area contributed by atoms with Gasteiger partial charge in [-0.3, -0.25) is 0 Å². The minimum atomic E-state index is 0.622. The van der Waals surface area contributed by atoms with Crippen molar-refractivity contribution in [3.05, 3.63) is 212 Å². The van der Waals surface area contributed by atoms with Crippen molar-refractivity contribution in [1.29, 1.82) is 0 Å². The smallest absolute Gasteiger partial charge is 0.164 e. The fourth-order valence-corrected chi connectivity index (χ4v) is 7.57. The lowest BCUT2D eigenvalue weighted by atomic mass is 9.92. The van der Waals surface area contributed by atoms with Gasteiger partial charge in [0.1, 0.15) is 0 Å². The van der Waals surface area contributed by atoms with Crippen LogP contribution in [0.15, 0.2) is 212 Å². The third kappa shape index (κ3) is 6.52. The Morgan fingerprint density at radius 2 is 0.643 bits per heavy atom. The molecule has 0 aliphatic heterocycles. The Kier molecular flexibility index (Phi) is 8.51. The largest absolute Gasteiger partial charge is 0.208 e. The second-order valence-corrected chi connectivity index (χ2v) is 14.1. The van der Waals surface area contributed by atoms with Crippen LogP contribution in [0.25, 0.3) is 100 Å². The zero-order valence-electron chi connectivity index (χ0n) is 30.5. The molecule has 262 valence electrons. The number of hydrogen-bond donors (Lipinski definition) is 0. The summed E-state index contributed by atoms with van der Waals surface area (Å²) in [5.74, 6) is 1.89. The van der Waals surface area contributed by atoms with E-state index in [1.54, 1.807) is 0 Å². The predicted octanol–water partition coefficient (Wildman–Crippen LogP) is 13.8. The van der Waals surface area contributed by atoms with E-state index in [0.29, 0.717) is 17.5 Å². The summed E-state index contributed by atoms with van der Waals surface area (Å²) >= 11 is 0. The first kappa shape index (κ1) is 33.1. The van der Waals surface area contributed by atoms with Crippen LogP contribution < -0.4 is 0 Å².